The summed E-state index contributed by atoms with van der Waals surface area (Å²) in [6.07, 6.45) is 8.44. The highest BCUT2D eigenvalue weighted by Crippen LogP contribution is 2.24. The number of nitrogens with zero attached hydrogens (tertiary/aromatic N) is 2. The molecule has 0 aliphatic rings. The van der Waals surface area contributed by atoms with E-state index in [1.165, 1.54) is 0 Å². The van der Waals surface area contributed by atoms with Crippen LogP contribution in [0, 0.1) is 0 Å². The number of pyridine rings is 1. The first-order valence-electron chi connectivity index (χ1n) is 6.15. The summed E-state index contributed by atoms with van der Waals surface area (Å²) in [5.74, 6) is 0.340. The van der Waals surface area contributed by atoms with E-state index in [1.54, 1.807) is 30.5 Å². The molecule has 0 atom stereocenters. The molecule has 4 N–H and O–H groups in total. The average Bonchev–Trinajstić information content (AvgIpc) is 2.45. The standard InChI is InChI=1S/C16H16N4/c1-2-3-6-12(17)11-16(18)20-15-9-4-8-14-13(15)7-5-10-19-14/h2-11H,1,17H2,(H2,18,20)/b6-3+,12-11+. The van der Waals surface area contributed by atoms with Crippen LogP contribution in [0.25, 0.3) is 10.9 Å². The van der Waals surface area contributed by atoms with Crippen molar-refractivity contribution in [3.8, 4) is 0 Å². The van der Waals surface area contributed by atoms with Gasteiger partial charge in [0.1, 0.15) is 5.84 Å². The minimum Gasteiger partial charge on any atom is -0.399 e. The van der Waals surface area contributed by atoms with Crippen molar-refractivity contribution >= 4 is 22.4 Å². The number of fused-ring (bicyclic) bond motifs is 1. The third-order valence-electron chi connectivity index (χ3n) is 2.61. The minimum absolute atomic E-state index is 0.340. The maximum Gasteiger partial charge on any atom is 0.126 e. The fourth-order valence-electron chi connectivity index (χ4n) is 1.75. The molecule has 0 bridgehead atoms. The minimum atomic E-state index is 0.340. The van der Waals surface area contributed by atoms with E-state index in [0.29, 0.717) is 11.5 Å². The number of nitrogens with two attached hydrogens (primary N) is 2. The Labute approximate surface area is 117 Å². The van der Waals surface area contributed by atoms with Gasteiger partial charge >= 0.3 is 0 Å². The van der Waals surface area contributed by atoms with Crippen LogP contribution >= 0.6 is 0 Å². The Morgan fingerprint density at radius 1 is 1.20 bits per heavy atom. The third kappa shape index (κ3) is 3.32. The number of rotatable bonds is 4. The van der Waals surface area contributed by atoms with Gasteiger partial charge in [0.05, 0.1) is 11.2 Å². The lowest BCUT2D eigenvalue weighted by atomic mass is 10.2. The zero-order valence-electron chi connectivity index (χ0n) is 11.0. The Morgan fingerprint density at radius 3 is 2.85 bits per heavy atom. The third-order valence-corrected chi connectivity index (χ3v) is 2.61. The SMILES string of the molecule is C=C/C=C/C(N)=C\C(N)=Nc1cccc2ncccc12. The van der Waals surface area contributed by atoms with Gasteiger partial charge in [0.15, 0.2) is 0 Å². The van der Waals surface area contributed by atoms with Gasteiger partial charge in [0.2, 0.25) is 0 Å². The Balaban J connectivity index is 2.37. The molecule has 0 fully saturated rings. The number of amidine groups is 1. The molecular weight excluding hydrogens is 248 g/mol. The molecule has 0 saturated carbocycles. The highest BCUT2D eigenvalue weighted by molar-refractivity contribution is 5.98. The van der Waals surface area contributed by atoms with E-state index in [0.717, 1.165) is 16.6 Å². The monoisotopic (exact) mass is 264 g/mol. The van der Waals surface area contributed by atoms with Crippen LogP contribution in [0.15, 0.2) is 78.1 Å². The van der Waals surface area contributed by atoms with Gasteiger partial charge in [0.25, 0.3) is 0 Å². The maximum atomic E-state index is 5.88. The molecule has 4 heteroatoms. The molecule has 20 heavy (non-hydrogen) atoms. The number of benzene rings is 1. The lowest BCUT2D eigenvalue weighted by Crippen LogP contribution is -2.10. The second-order valence-electron chi connectivity index (χ2n) is 4.12. The van der Waals surface area contributed by atoms with Crippen molar-refractivity contribution in [2.45, 2.75) is 0 Å². The summed E-state index contributed by atoms with van der Waals surface area (Å²) in [5, 5.41) is 0.951. The molecule has 0 unspecified atom stereocenters. The molecule has 1 heterocycles. The second-order valence-corrected chi connectivity index (χ2v) is 4.12. The van der Waals surface area contributed by atoms with Crippen LogP contribution in [0.4, 0.5) is 5.69 Å². The summed E-state index contributed by atoms with van der Waals surface area (Å²) in [6, 6.07) is 9.54. The molecule has 4 nitrogen and oxygen atoms in total. The molecule has 2 aromatic rings. The summed E-state index contributed by atoms with van der Waals surface area (Å²) in [7, 11) is 0. The first kappa shape index (κ1) is 13.5. The van der Waals surface area contributed by atoms with E-state index in [2.05, 4.69) is 16.6 Å². The predicted octanol–water partition coefficient (Wildman–Crippen LogP) is 2.81. The summed E-state index contributed by atoms with van der Waals surface area (Å²) in [6.45, 7) is 3.58. The van der Waals surface area contributed by atoms with E-state index in [-0.39, 0.29) is 0 Å². The lowest BCUT2D eigenvalue weighted by Gasteiger charge is -2.01. The van der Waals surface area contributed by atoms with Gasteiger partial charge < -0.3 is 11.5 Å². The summed E-state index contributed by atoms with van der Waals surface area (Å²) < 4.78 is 0. The first-order chi connectivity index (χ1) is 9.70. The fourth-order valence-corrected chi connectivity index (χ4v) is 1.75. The summed E-state index contributed by atoms with van der Waals surface area (Å²) >= 11 is 0. The quantitative estimate of drug-likeness (QED) is 0.506. The van der Waals surface area contributed by atoms with Crippen molar-refractivity contribution in [2.24, 2.45) is 16.5 Å². The summed E-state index contributed by atoms with van der Waals surface area (Å²) in [5.41, 5.74) is 13.8. The van der Waals surface area contributed by atoms with Gasteiger partial charge in [-0.3, -0.25) is 4.98 Å². The predicted molar refractivity (Wildman–Crippen MR) is 84.6 cm³/mol. The largest absolute Gasteiger partial charge is 0.399 e. The van der Waals surface area contributed by atoms with Gasteiger partial charge in [-0.05, 0) is 30.3 Å². The Morgan fingerprint density at radius 2 is 2.05 bits per heavy atom. The van der Waals surface area contributed by atoms with Crippen molar-refractivity contribution in [3.63, 3.8) is 0 Å². The normalized spacial score (nSPS) is 13.0. The van der Waals surface area contributed by atoms with Crippen molar-refractivity contribution in [1.29, 1.82) is 0 Å². The molecule has 0 aliphatic carbocycles. The Hall–Kier alpha value is -2.88. The van der Waals surface area contributed by atoms with Crippen LogP contribution in [-0.2, 0) is 0 Å². The van der Waals surface area contributed by atoms with Crippen molar-refractivity contribution < 1.29 is 0 Å². The highest BCUT2D eigenvalue weighted by atomic mass is 14.9. The molecule has 0 spiro atoms. The maximum absolute atomic E-state index is 5.88. The molecule has 0 aliphatic heterocycles. The van der Waals surface area contributed by atoms with Crippen LogP contribution in [0.3, 0.4) is 0 Å². The van der Waals surface area contributed by atoms with Gasteiger partial charge in [-0.15, -0.1) is 0 Å². The molecular formula is C16H16N4. The van der Waals surface area contributed by atoms with Crippen molar-refractivity contribution in [2.75, 3.05) is 0 Å². The lowest BCUT2D eigenvalue weighted by molar-refractivity contribution is 1.39. The number of aliphatic imine (C=N–C) groups is 1. The van der Waals surface area contributed by atoms with Gasteiger partial charge in [0, 0.05) is 23.4 Å². The fraction of sp³-hybridized carbons (Fsp3) is 0. The molecule has 0 amide bonds. The van der Waals surface area contributed by atoms with E-state index < -0.39 is 0 Å². The van der Waals surface area contributed by atoms with E-state index >= 15 is 0 Å². The van der Waals surface area contributed by atoms with Crippen LogP contribution in [0.5, 0.6) is 0 Å². The van der Waals surface area contributed by atoms with Gasteiger partial charge in [-0.1, -0.05) is 24.8 Å². The second kappa shape index (κ2) is 6.33. The van der Waals surface area contributed by atoms with Crippen LogP contribution in [0.2, 0.25) is 0 Å². The van der Waals surface area contributed by atoms with E-state index in [9.17, 15) is 0 Å². The zero-order chi connectivity index (χ0) is 14.4. The average molecular weight is 264 g/mol. The Bertz CT molecular complexity index is 706. The van der Waals surface area contributed by atoms with Gasteiger partial charge in [-0.25, -0.2) is 4.99 Å². The number of allylic oxidation sites excluding steroid dienone is 3. The molecule has 0 radical (unpaired) electrons. The van der Waals surface area contributed by atoms with E-state index in [4.69, 9.17) is 11.5 Å². The van der Waals surface area contributed by atoms with Crippen molar-refractivity contribution in [1.82, 2.24) is 4.98 Å². The highest BCUT2D eigenvalue weighted by Gasteiger charge is 1.99. The number of hydrogen-bond acceptors (Lipinski definition) is 3. The molecule has 1 aromatic carbocycles. The number of aromatic nitrogens is 1. The van der Waals surface area contributed by atoms with Crippen molar-refractivity contribution in [3.05, 3.63) is 73.1 Å². The van der Waals surface area contributed by atoms with Gasteiger partial charge in [-0.2, -0.15) is 0 Å². The molecule has 100 valence electrons. The van der Waals surface area contributed by atoms with Crippen LogP contribution in [-0.4, -0.2) is 10.8 Å². The summed E-state index contributed by atoms with van der Waals surface area (Å²) in [4.78, 5) is 8.65. The van der Waals surface area contributed by atoms with E-state index in [1.807, 2.05) is 30.3 Å². The Kier molecular flexibility index (Phi) is 4.29. The number of hydrogen-bond donors (Lipinski definition) is 2. The smallest absolute Gasteiger partial charge is 0.126 e. The van der Waals surface area contributed by atoms with Crippen LogP contribution in [0.1, 0.15) is 0 Å². The molecule has 2 rings (SSSR count). The van der Waals surface area contributed by atoms with Crippen LogP contribution < -0.4 is 11.5 Å². The topological polar surface area (TPSA) is 77.3 Å². The molecule has 1 aromatic heterocycles. The molecule has 0 saturated heterocycles. The zero-order valence-corrected chi connectivity index (χ0v) is 11.0. The first-order valence-corrected chi connectivity index (χ1v) is 6.15.